The zero-order valence-corrected chi connectivity index (χ0v) is 9.39. The van der Waals surface area contributed by atoms with Crippen molar-refractivity contribution in [2.24, 2.45) is 0 Å². The standard InChI is InChI=1S/C13H23N/c1-3-4-5-8-12(2)11-13-9-6-7-10-14-13/h3,8,13-14H,1,4-7,9-11H2,2H3/b12-8-. The van der Waals surface area contributed by atoms with Gasteiger partial charge in [0.05, 0.1) is 0 Å². The second kappa shape index (κ2) is 6.83. The molecule has 1 heterocycles. The normalized spacial score (nSPS) is 23.5. The van der Waals surface area contributed by atoms with E-state index in [2.05, 4.69) is 24.9 Å². The average molecular weight is 193 g/mol. The largest absolute Gasteiger partial charge is 0.314 e. The molecule has 0 aromatic rings. The number of rotatable bonds is 5. The van der Waals surface area contributed by atoms with Crippen molar-refractivity contribution >= 4 is 0 Å². The molecular weight excluding hydrogens is 170 g/mol. The zero-order chi connectivity index (χ0) is 10.2. The molecular formula is C13H23N. The summed E-state index contributed by atoms with van der Waals surface area (Å²) < 4.78 is 0. The summed E-state index contributed by atoms with van der Waals surface area (Å²) in [6.07, 6.45) is 12.0. The molecule has 1 nitrogen and oxygen atoms in total. The third-order valence-electron chi connectivity index (χ3n) is 2.84. The second-order valence-electron chi connectivity index (χ2n) is 4.27. The van der Waals surface area contributed by atoms with Crippen molar-refractivity contribution in [3.05, 3.63) is 24.3 Å². The van der Waals surface area contributed by atoms with Crippen LogP contribution in [0.3, 0.4) is 0 Å². The van der Waals surface area contributed by atoms with Gasteiger partial charge in [0.2, 0.25) is 0 Å². The molecule has 1 heteroatoms. The molecule has 0 spiro atoms. The highest BCUT2D eigenvalue weighted by molar-refractivity contribution is 5.01. The Balaban J connectivity index is 2.20. The summed E-state index contributed by atoms with van der Waals surface area (Å²) >= 11 is 0. The Labute approximate surface area is 88.3 Å². The van der Waals surface area contributed by atoms with Gasteiger partial charge in [0.1, 0.15) is 0 Å². The van der Waals surface area contributed by atoms with Crippen LogP contribution in [0.4, 0.5) is 0 Å². The molecule has 1 unspecified atom stereocenters. The lowest BCUT2D eigenvalue weighted by Crippen LogP contribution is -2.33. The molecule has 1 N–H and O–H groups in total. The van der Waals surface area contributed by atoms with Crippen molar-refractivity contribution in [1.29, 1.82) is 0 Å². The number of hydrogen-bond acceptors (Lipinski definition) is 1. The van der Waals surface area contributed by atoms with Gasteiger partial charge < -0.3 is 5.32 Å². The monoisotopic (exact) mass is 193 g/mol. The van der Waals surface area contributed by atoms with Crippen LogP contribution < -0.4 is 5.32 Å². The van der Waals surface area contributed by atoms with Crippen LogP contribution in [0.25, 0.3) is 0 Å². The van der Waals surface area contributed by atoms with Crippen molar-refractivity contribution in [1.82, 2.24) is 5.32 Å². The fraction of sp³-hybridized carbons (Fsp3) is 0.692. The van der Waals surface area contributed by atoms with E-state index in [0.717, 1.165) is 18.9 Å². The summed E-state index contributed by atoms with van der Waals surface area (Å²) in [7, 11) is 0. The van der Waals surface area contributed by atoms with Crippen LogP contribution in [0.2, 0.25) is 0 Å². The van der Waals surface area contributed by atoms with Crippen LogP contribution in [-0.2, 0) is 0 Å². The Morgan fingerprint density at radius 3 is 2.93 bits per heavy atom. The summed E-state index contributed by atoms with van der Waals surface area (Å²) in [6.45, 7) is 7.19. The van der Waals surface area contributed by atoms with Gasteiger partial charge in [-0.15, -0.1) is 6.58 Å². The first-order chi connectivity index (χ1) is 6.83. The third-order valence-corrected chi connectivity index (χ3v) is 2.84. The molecule has 1 fully saturated rings. The van der Waals surface area contributed by atoms with Crippen molar-refractivity contribution in [2.45, 2.75) is 51.5 Å². The molecule has 1 rings (SSSR count). The summed E-state index contributed by atoms with van der Waals surface area (Å²) in [5.74, 6) is 0. The Hall–Kier alpha value is -0.560. The summed E-state index contributed by atoms with van der Waals surface area (Å²) in [6, 6.07) is 0.740. The predicted octanol–water partition coefficient (Wildman–Crippen LogP) is 3.43. The van der Waals surface area contributed by atoms with Gasteiger partial charge in [-0.2, -0.15) is 0 Å². The fourth-order valence-electron chi connectivity index (χ4n) is 2.02. The molecule has 14 heavy (non-hydrogen) atoms. The molecule has 0 aromatic heterocycles. The number of nitrogens with one attached hydrogen (secondary N) is 1. The van der Waals surface area contributed by atoms with Gasteiger partial charge in [0, 0.05) is 6.04 Å². The minimum absolute atomic E-state index is 0.740. The van der Waals surface area contributed by atoms with Gasteiger partial charge in [-0.05, 0) is 45.6 Å². The SMILES string of the molecule is C=CCC/C=C(/C)CC1CCCCN1. The lowest BCUT2D eigenvalue weighted by atomic mass is 9.98. The van der Waals surface area contributed by atoms with Gasteiger partial charge in [-0.3, -0.25) is 0 Å². The maximum Gasteiger partial charge on any atom is 0.0104 e. The minimum Gasteiger partial charge on any atom is -0.314 e. The van der Waals surface area contributed by atoms with Gasteiger partial charge in [0.25, 0.3) is 0 Å². The Morgan fingerprint density at radius 1 is 1.43 bits per heavy atom. The molecule has 1 atom stereocenters. The van der Waals surface area contributed by atoms with E-state index in [4.69, 9.17) is 0 Å². The Morgan fingerprint density at radius 2 is 2.29 bits per heavy atom. The first kappa shape index (κ1) is 11.5. The quantitative estimate of drug-likeness (QED) is 0.521. The van der Waals surface area contributed by atoms with E-state index in [1.54, 1.807) is 0 Å². The Kier molecular flexibility index (Phi) is 5.62. The highest BCUT2D eigenvalue weighted by Gasteiger charge is 2.11. The highest BCUT2D eigenvalue weighted by Crippen LogP contribution is 2.15. The summed E-state index contributed by atoms with van der Waals surface area (Å²) in [4.78, 5) is 0. The number of unbranched alkanes of at least 4 members (excludes halogenated alkanes) is 1. The zero-order valence-electron chi connectivity index (χ0n) is 9.39. The number of hydrogen-bond donors (Lipinski definition) is 1. The maximum absolute atomic E-state index is 3.73. The molecule has 0 saturated carbocycles. The topological polar surface area (TPSA) is 12.0 Å². The molecule has 1 saturated heterocycles. The highest BCUT2D eigenvalue weighted by atomic mass is 14.9. The van der Waals surface area contributed by atoms with Gasteiger partial charge in [-0.1, -0.05) is 24.1 Å². The van der Waals surface area contributed by atoms with Crippen molar-refractivity contribution in [2.75, 3.05) is 6.54 Å². The first-order valence-electron chi connectivity index (χ1n) is 5.83. The molecule has 80 valence electrons. The molecule has 0 bridgehead atoms. The molecule has 0 aromatic carbocycles. The van der Waals surface area contributed by atoms with Crippen LogP contribution in [0, 0.1) is 0 Å². The fourth-order valence-corrected chi connectivity index (χ4v) is 2.02. The van der Waals surface area contributed by atoms with Gasteiger partial charge in [0.15, 0.2) is 0 Å². The van der Waals surface area contributed by atoms with E-state index in [0.29, 0.717) is 0 Å². The molecule has 0 amide bonds. The van der Waals surface area contributed by atoms with Crippen LogP contribution in [-0.4, -0.2) is 12.6 Å². The van der Waals surface area contributed by atoms with E-state index in [9.17, 15) is 0 Å². The van der Waals surface area contributed by atoms with E-state index in [1.165, 1.54) is 37.8 Å². The van der Waals surface area contributed by atoms with E-state index in [1.807, 2.05) is 6.08 Å². The van der Waals surface area contributed by atoms with Gasteiger partial charge >= 0.3 is 0 Å². The average Bonchev–Trinajstić information content (AvgIpc) is 2.20. The number of allylic oxidation sites excluding steroid dienone is 2. The van der Waals surface area contributed by atoms with E-state index < -0.39 is 0 Å². The van der Waals surface area contributed by atoms with Crippen molar-refractivity contribution < 1.29 is 0 Å². The van der Waals surface area contributed by atoms with Crippen molar-refractivity contribution in [3.63, 3.8) is 0 Å². The molecule has 1 aliphatic rings. The third kappa shape index (κ3) is 4.61. The van der Waals surface area contributed by atoms with Crippen LogP contribution in [0.5, 0.6) is 0 Å². The van der Waals surface area contributed by atoms with Crippen LogP contribution in [0.1, 0.15) is 45.4 Å². The lowest BCUT2D eigenvalue weighted by Gasteiger charge is -2.23. The Bertz CT molecular complexity index is 187. The second-order valence-corrected chi connectivity index (χ2v) is 4.27. The minimum atomic E-state index is 0.740. The predicted molar refractivity (Wildman–Crippen MR) is 63.4 cm³/mol. The first-order valence-corrected chi connectivity index (χ1v) is 5.83. The van der Waals surface area contributed by atoms with Gasteiger partial charge in [-0.25, -0.2) is 0 Å². The van der Waals surface area contributed by atoms with Crippen LogP contribution >= 0.6 is 0 Å². The molecule has 0 aliphatic carbocycles. The number of piperidine rings is 1. The summed E-state index contributed by atoms with van der Waals surface area (Å²) in [5, 5.41) is 3.58. The smallest absolute Gasteiger partial charge is 0.0104 e. The summed E-state index contributed by atoms with van der Waals surface area (Å²) in [5.41, 5.74) is 1.53. The molecule has 0 radical (unpaired) electrons. The maximum atomic E-state index is 3.73. The lowest BCUT2D eigenvalue weighted by molar-refractivity contribution is 0.398. The van der Waals surface area contributed by atoms with Crippen molar-refractivity contribution in [3.8, 4) is 0 Å². The van der Waals surface area contributed by atoms with Crippen LogP contribution in [0.15, 0.2) is 24.3 Å². The van der Waals surface area contributed by atoms with E-state index >= 15 is 0 Å². The molecule has 1 aliphatic heterocycles. The van der Waals surface area contributed by atoms with E-state index in [-0.39, 0.29) is 0 Å².